The lowest BCUT2D eigenvalue weighted by atomic mass is 9.90. The third-order valence-corrected chi connectivity index (χ3v) is 5.55. The third kappa shape index (κ3) is 3.10. The van der Waals surface area contributed by atoms with E-state index in [1.165, 1.54) is 50.9 Å². The highest BCUT2D eigenvalue weighted by Gasteiger charge is 2.31. The first-order valence-electron chi connectivity index (χ1n) is 8.61. The van der Waals surface area contributed by atoms with Gasteiger partial charge in [-0.25, -0.2) is 4.98 Å². The average molecular weight is 290 g/mol. The number of nitrogens with zero attached hydrogens (tertiary/aromatic N) is 3. The maximum atomic E-state index is 4.85. The molecule has 0 unspecified atom stereocenters. The predicted octanol–water partition coefficient (Wildman–Crippen LogP) is 3.28. The molecule has 0 amide bonds. The van der Waals surface area contributed by atoms with E-state index < -0.39 is 0 Å². The van der Waals surface area contributed by atoms with Gasteiger partial charge >= 0.3 is 0 Å². The molecule has 1 saturated heterocycles. The van der Waals surface area contributed by atoms with Crippen LogP contribution in [0.4, 0.5) is 5.95 Å². The topological polar surface area (TPSA) is 33.1 Å². The molecular formula is C17H30N4. The average Bonchev–Trinajstić information content (AvgIpc) is 2.91. The van der Waals surface area contributed by atoms with Gasteiger partial charge in [-0.3, -0.25) is 0 Å². The zero-order valence-electron chi connectivity index (χ0n) is 13.9. The van der Waals surface area contributed by atoms with Crippen LogP contribution >= 0.6 is 0 Å². The fourth-order valence-electron chi connectivity index (χ4n) is 3.82. The van der Waals surface area contributed by atoms with Gasteiger partial charge in [0.05, 0.1) is 5.69 Å². The van der Waals surface area contributed by atoms with Crippen LogP contribution in [0.25, 0.3) is 0 Å². The highest BCUT2D eigenvalue weighted by atomic mass is 15.3. The van der Waals surface area contributed by atoms with Gasteiger partial charge in [-0.15, -0.1) is 0 Å². The predicted molar refractivity (Wildman–Crippen MR) is 88.0 cm³/mol. The molecule has 118 valence electrons. The Morgan fingerprint density at radius 2 is 1.86 bits per heavy atom. The van der Waals surface area contributed by atoms with Crippen molar-refractivity contribution < 1.29 is 0 Å². The second-order valence-corrected chi connectivity index (χ2v) is 7.18. The minimum atomic E-state index is 0.299. The highest BCUT2D eigenvalue weighted by Crippen LogP contribution is 2.33. The van der Waals surface area contributed by atoms with Crippen LogP contribution in [-0.2, 0) is 0 Å². The van der Waals surface area contributed by atoms with Crippen molar-refractivity contribution in [2.24, 2.45) is 0 Å². The standard InChI is InChI=1S/C17H30N4/c1-14-13-21(15-7-5-4-6-8-15)16(19-14)20-11-9-17(2,18-3)10-12-20/h13,15,18H,4-12H2,1-3H3. The molecule has 0 atom stereocenters. The number of nitrogens with one attached hydrogen (secondary N) is 1. The first-order valence-corrected chi connectivity index (χ1v) is 8.61. The molecule has 1 aliphatic heterocycles. The Labute approximate surface area is 128 Å². The number of aromatic nitrogens is 2. The molecule has 1 N–H and O–H groups in total. The van der Waals surface area contributed by atoms with Gasteiger partial charge in [0.1, 0.15) is 0 Å². The molecule has 2 fully saturated rings. The van der Waals surface area contributed by atoms with E-state index in [1.54, 1.807) is 0 Å². The maximum Gasteiger partial charge on any atom is 0.205 e. The number of hydrogen-bond donors (Lipinski definition) is 1. The molecule has 0 spiro atoms. The summed E-state index contributed by atoms with van der Waals surface area (Å²) in [5, 5.41) is 3.48. The zero-order valence-corrected chi connectivity index (χ0v) is 13.9. The Kier molecular flexibility index (Phi) is 4.25. The fourth-order valence-corrected chi connectivity index (χ4v) is 3.82. The molecule has 0 bridgehead atoms. The number of imidazole rings is 1. The smallest absolute Gasteiger partial charge is 0.205 e. The van der Waals surface area contributed by atoms with Crippen LogP contribution < -0.4 is 10.2 Å². The van der Waals surface area contributed by atoms with Crippen LogP contribution in [0.2, 0.25) is 0 Å². The van der Waals surface area contributed by atoms with Gasteiger partial charge in [-0.2, -0.15) is 0 Å². The van der Waals surface area contributed by atoms with Gasteiger partial charge in [-0.1, -0.05) is 19.3 Å². The van der Waals surface area contributed by atoms with E-state index in [2.05, 4.69) is 41.9 Å². The molecule has 4 heteroatoms. The summed E-state index contributed by atoms with van der Waals surface area (Å²) < 4.78 is 2.48. The second-order valence-electron chi connectivity index (χ2n) is 7.18. The van der Waals surface area contributed by atoms with Crippen molar-refractivity contribution in [1.82, 2.24) is 14.9 Å². The van der Waals surface area contributed by atoms with E-state index in [0.29, 0.717) is 11.6 Å². The summed E-state index contributed by atoms with van der Waals surface area (Å²) in [5.74, 6) is 1.22. The lowest BCUT2D eigenvalue weighted by Gasteiger charge is -2.40. The van der Waals surface area contributed by atoms with Gasteiger partial charge < -0.3 is 14.8 Å². The summed E-state index contributed by atoms with van der Waals surface area (Å²) in [6.45, 7) is 6.69. The Morgan fingerprint density at radius 1 is 1.19 bits per heavy atom. The van der Waals surface area contributed by atoms with Crippen LogP contribution in [0, 0.1) is 6.92 Å². The molecule has 0 aromatic carbocycles. The summed E-state index contributed by atoms with van der Waals surface area (Å²) in [6.07, 6.45) is 11.5. The second kappa shape index (κ2) is 5.99. The molecule has 1 saturated carbocycles. The first kappa shape index (κ1) is 14.9. The van der Waals surface area contributed by atoms with Crippen LogP contribution in [0.1, 0.15) is 63.6 Å². The Balaban J connectivity index is 1.76. The zero-order chi connectivity index (χ0) is 14.9. The summed E-state index contributed by atoms with van der Waals surface area (Å²) >= 11 is 0. The number of hydrogen-bond acceptors (Lipinski definition) is 3. The van der Waals surface area contributed by atoms with Crippen molar-refractivity contribution in [3.63, 3.8) is 0 Å². The van der Waals surface area contributed by atoms with Crippen LogP contribution in [0.15, 0.2) is 6.20 Å². The van der Waals surface area contributed by atoms with Crippen molar-refractivity contribution in [2.45, 2.75) is 70.4 Å². The summed E-state index contributed by atoms with van der Waals surface area (Å²) in [4.78, 5) is 7.35. The van der Waals surface area contributed by atoms with Crippen molar-refractivity contribution in [3.8, 4) is 0 Å². The first-order chi connectivity index (χ1) is 10.1. The van der Waals surface area contributed by atoms with Crippen LogP contribution in [0.3, 0.4) is 0 Å². The van der Waals surface area contributed by atoms with Gasteiger partial charge in [0.2, 0.25) is 5.95 Å². The molecule has 1 aromatic rings. The van der Waals surface area contributed by atoms with Crippen molar-refractivity contribution in [1.29, 1.82) is 0 Å². The Bertz CT molecular complexity index is 465. The minimum absolute atomic E-state index is 0.299. The molecule has 1 aliphatic carbocycles. The number of rotatable bonds is 3. The van der Waals surface area contributed by atoms with E-state index >= 15 is 0 Å². The fraction of sp³-hybridized carbons (Fsp3) is 0.824. The lowest BCUT2D eigenvalue weighted by Crippen LogP contribution is -2.50. The van der Waals surface area contributed by atoms with Gasteiger partial charge in [0.15, 0.2) is 0 Å². The number of piperidine rings is 1. The molecule has 4 nitrogen and oxygen atoms in total. The molecular weight excluding hydrogens is 260 g/mol. The van der Waals surface area contributed by atoms with Gasteiger partial charge in [0.25, 0.3) is 0 Å². The third-order valence-electron chi connectivity index (χ3n) is 5.55. The summed E-state index contributed by atoms with van der Waals surface area (Å²) in [6, 6.07) is 0.674. The number of anilines is 1. The summed E-state index contributed by atoms with van der Waals surface area (Å²) in [5.41, 5.74) is 1.46. The van der Waals surface area contributed by atoms with Crippen LogP contribution in [-0.4, -0.2) is 35.2 Å². The van der Waals surface area contributed by atoms with Gasteiger partial charge in [-0.05, 0) is 46.6 Å². The summed E-state index contributed by atoms with van der Waals surface area (Å²) in [7, 11) is 2.09. The molecule has 21 heavy (non-hydrogen) atoms. The van der Waals surface area contributed by atoms with Crippen LogP contribution in [0.5, 0.6) is 0 Å². The van der Waals surface area contributed by atoms with E-state index in [4.69, 9.17) is 4.98 Å². The SMILES string of the molecule is CNC1(C)CCN(c2nc(C)cn2C2CCCCC2)CC1. The quantitative estimate of drug-likeness (QED) is 0.927. The molecule has 3 rings (SSSR count). The van der Waals surface area contributed by atoms with E-state index in [0.717, 1.165) is 18.8 Å². The number of aryl methyl sites for hydroxylation is 1. The monoisotopic (exact) mass is 290 g/mol. The van der Waals surface area contributed by atoms with Crippen molar-refractivity contribution in [3.05, 3.63) is 11.9 Å². The molecule has 0 radical (unpaired) electrons. The van der Waals surface area contributed by atoms with Gasteiger partial charge in [0, 0.05) is 30.9 Å². The molecule has 2 aliphatic rings. The minimum Gasteiger partial charge on any atom is -0.342 e. The van der Waals surface area contributed by atoms with E-state index in [9.17, 15) is 0 Å². The Hall–Kier alpha value is -1.03. The highest BCUT2D eigenvalue weighted by molar-refractivity contribution is 5.35. The van der Waals surface area contributed by atoms with E-state index in [-0.39, 0.29) is 0 Å². The van der Waals surface area contributed by atoms with E-state index in [1.807, 2.05) is 0 Å². The Morgan fingerprint density at radius 3 is 2.48 bits per heavy atom. The molecule has 1 aromatic heterocycles. The largest absolute Gasteiger partial charge is 0.342 e. The lowest BCUT2D eigenvalue weighted by molar-refractivity contribution is 0.298. The maximum absolute atomic E-state index is 4.85. The molecule has 2 heterocycles. The van der Waals surface area contributed by atoms with Crippen molar-refractivity contribution in [2.75, 3.05) is 25.0 Å². The van der Waals surface area contributed by atoms with Crippen molar-refractivity contribution >= 4 is 5.95 Å². The normalized spacial score (nSPS) is 23.5.